The van der Waals surface area contributed by atoms with E-state index in [0.29, 0.717) is 17.3 Å². The third kappa shape index (κ3) is 3.72. The second-order valence-corrected chi connectivity index (χ2v) is 6.56. The Morgan fingerprint density at radius 1 is 1.29 bits per heavy atom. The number of amides is 1. The lowest BCUT2D eigenvalue weighted by molar-refractivity contribution is 0.0909. The van der Waals surface area contributed by atoms with Crippen LogP contribution in [0.4, 0.5) is 5.69 Å². The summed E-state index contributed by atoms with van der Waals surface area (Å²) < 4.78 is 0. The van der Waals surface area contributed by atoms with Gasteiger partial charge in [0.05, 0.1) is 6.04 Å². The molecule has 1 saturated carbocycles. The SMILES string of the molecule is CN(C)c1cccc(C(=O)NC(c2nn[nH]n2)C2CCCCC2)c1. The van der Waals surface area contributed by atoms with Gasteiger partial charge in [0.25, 0.3) is 5.91 Å². The summed E-state index contributed by atoms with van der Waals surface area (Å²) in [6.07, 6.45) is 5.79. The highest BCUT2D eigenvalue weighted by Gasteiger charge is 2.29. The van der Waals surface area contributed by atoms with Crippen molar-refractivity contribution in [2.75, 3.05) is 19.0 Å². The first-order chi connectivity index (χ1) is 11.6. The van der Waals surface area contributed by atoms with Gasteiger partial charge in [-0.05, 0) is 37.0 Å². The third-order valence-electron chi connectivity index (χ3n) is 4.67. The molecule has 1 fully saturated rings. The molecule has 1 aromatic heterocycles. The number of anilines is 1. The maximum absolute atomic E-state index is 12.8. The summed E-state index contributed by atoms with van der Waals surface area (Å²) in [4.78, 5) is 14.7. The van der Waals surface area contributed by atoms with Crippen molar-refractivity contribution < 1.29 is 4.79 Å². The molecule has 2 aromatic rings. The summed E-state index contributed by atoms with van der Waals surface area (Å²) in [6, 6.07) is 7.41. The number of aromatic amines is 1. The second kappa shape index (κ2) is 7.42. The van der Waals surface area contributed by atoms with Crippen LogP contribution < -0.4 is 10.2 Å². The van der Waals surface area contributed by atoms with E-state index in [0.717, 1.165) is 18.5 Å². The summed E-state index contributed by atoms with van der Waals surface area (Å²) in [5.74, 6) is 0.829. The van der Waals surface area contributed by atoms with Gasteiger partial charge in [0.15, 0.2) is 5.82 Å². The third-order valence-corrected chi connectivity index (χ3v) is 4.67. The van der Waals surface area contributed by atoms with Gasteiger partial charge < -0.3 is 10.2 Å². The van der Waals surface area contributed by atoms with E-state index in [1.807, 2.05) is 43.3 Å². The van der Waals surface area contributed by atoms with E-state index in [-0.39, 0.29) is 11.9 Å². The molecule has 1 aliphatic carbocycles. The number of nitrogens with zero attached hydrogens (tertiary/aromatic N) is 4. The normalized spacial score (nSPS) is 16.6. The highest BCUT2D eigenvalue weighted by atomic mass is 16.1. The van der Waals surface area contributed by atoms with E-state index in [2.05, 4.69) is 25.9 Å². The molecule has 0 radical (unpaired) electrons. The van der Waals surface area contributed by atoms with Gasteiger partial charge in [-0.2, -0.15) is 5.21 Å². The minimum absolute atomic E-state index is 0.0981. The average Bonchev–Trinajstić information content (AvgIpc) is 3.14. The van der Waals surface area contributed by atoms with Gasteiger partial charge >= 0.3 is 0 Å². The van der Waals surface area contributed by atoms with Crippen LogP contribution in [0.25, 0.3) is 0 Å². The molecule has 0 spiro atoms. The number of aromatic nitrogens is 4. The van der Waals surface area contributed by atoms with Crippen molar-refractivity contribution in [3.63, 3.8) is 0 Å². The summed E-state index contributed by atoms with van der Waals surface area (Å²) >= 11 is 0. The first-order valence-corrected chi connectivity index (χ1v) is 8.47. The van der Waals surface area contributed by atoms with Crippen molar-refractivity contribution in [3.8, 4) is 0 Å². The number of benzene rings is 1. The van der Waals surface area contributed by atoms with E-state index in [4.69, 9.17) is 0 Å². The number of H-pyrrole nitrogens is 1. The lowest BCUT2D eigenvalue weighted by Crippen LogP contribution is -2.35. The lowest BCUT2D eigenvalue weighted by Gasteiger charge is -2.29. The van der Waals surface area contributed by atoms with Gasteiger partial charge in [0.2, 0.25) is 0 Å². The fraction of sp³-hybridized carbons (Fsp3) is 0.529. The van der Waals surface area contributed by atoms with Crippen molar-refractivity contribution in [1.82, 2.24) is 25.9 Å². The molecule has 1 heterocycles. The van der Waals surface area contributed by atoms with Crippen LogP contribution in [0.2, 0.25) is 0 Å². The lowest BCUT2D eigenvalue weighted by atomic mass is 9.83. The molecular weight excluding hydrogens is 304 g/mol. The van der Waals surface area contributed by atoms with Crippen molar-refractivity contribution >= 4 is 11.6 Å². The summed E-state index contributed by atoms with van der Waals surface area (Å²) in [6.45, 7) is 0. The zero-order valence-electron chi connectivity index (χ0n) is 14.2. The molecule has 0 bridgehead atoms. The summed E-state index contributed by atoms with van der Waals surface area (Å²) in [5.41, 5.74) is 1.64. The number of hydrogen-bond acceptors (Lipinski definition) is 5. The fourth-order valence-corrected chi connectivity index (χ4v) is 3.31. The standard InChI is InChI=1S/C17H24N6O/c1-23(2)14-10-6-9-13(11-14)17(24)18-15(16-19-21-22-20-16)12-7-4-3-5-8-12/h6,9-12,15H,3-5,7-8H2,1-2H3,(H,18,24)(H,19,20,21,22). The Morgan fingerprint density at radius 2 is 2.08 bits per heavy atom. The topological polar surface area (TPSA) is 86.8 Å². The number of carbonyl (C=O) groups is 1. The van der Waals surface area contributed by atoms with Crippen LogP contribution in [0.3, 0.4) is 0 Å². The van der Waals surface area contributed by atoms with E-state index in [1.165, 1.54) is 19.3 Å². The van der Waals surface area contributed by atoms with E-state index < -0.39 is 0 Å². The maximum atomic E-state index is 12.8. The Kier molecular flexibility index (Phi) is 5.08. The van der Waals surface area contributed by atoms with Gasteiger partial charge in [-0.3, -0.25) is 4.79 Å². The molecule has 7 heteroatoms. The zero-order valence-corrected chi connectivity index (χ0v) is 14.2. The number of hydrogen-bond donors (Lipinski definition) is 2. The molecule has 1 aromatic carbocycles. The van der Waals surface area contributed by atoms with E-state index in [1.54, 1.807) is 0 Å². The van der Waals surface area contributed by atoms with Gasteiger partial charge in [-0.15, -0.1) is 10.2 Å². The van der Waals surface area contributed by atoms with Gasteiger partial charge in [-0.25, -0.2) is 0 Å². The van der Waals surface area contributed by atoms with Crippen LogP contribution in [0.5, 0.6) is 0 Å². The Labute approximate surface area is 141 Å². The van der Waals surface area contributed by atoms with Crippen LogP contribution in [0, 0.1) is 5.92 Å². The first kappa shape index (κ1) is 16.4. The highest BCUT2D eigenvalue weighted by Crippen LogP contribution is 2.33. The Morgan fingerprint density at radius 3 is 2.75 bits per heavy atom. The van der Waals surface area contributed by atoms with Crippen molar-refractivity contribution in [2.45, 2.75) is 38.1 Å². The monoisotopic (exact) mass is 328 g/mol. The van der Waals surface area contributed by atoms with E-state index in [9.17, 15) is 4.79 Å². The fourth-order valence-electron chi connectivity index (χ4n) is 3.31. The Bertz CT molecular complexity index is 663. The Balaban J connectivity index is 1.79. The zero-order chi connectivity index (χ0) is 16.9. The molecule has 1 atom stereocenters. The van der Waals surface area contributed by atoms with E-state index >= 15 is 0 Å². The van der Waals surface area contributed by atoms with Gasteiger partial charge in [0, 0.05) is 25.3 Å². The van der Waals surface area contributed by atoms with Crippen molar-refractivity contribution in [3.05, 3.63) is 35.7 Å². The highest BCUT2D eigenvalue weighted by molar-refractivity contribution is 5.95. The first-order valence-electron chi connectivity index (χ1n) is 8.47. The molecule has 1 unspecified atom stereocenters. The van der Waals surface area contributed by atoms with Crippen LogP contribution in [0.15, 0.2) is 24.3 Å². The van der Waals surface area contributed by atoms with Gasteiger partial charge in [-0.1, -0.05) is 30.5 Å². The summed E-state index contributed by atoms with van der Waals surface area (Å²) in [5, 5.41) is 17.5. The predicted molar refractivity (Wildman–Crippen MR) is 91.7 cm³/mol. The minimum Gasteiger partial charge on any atom is -0.378 e. The quantitative estimate of drug-likeness (QED) is 0.879. The predicted octanol–water partition coefficient (Wildman–Crippen LogP) is 2.32. The molecule has 1 amide bonds. The molecule has 3 rings (SSSR count). The minimum atomic E-state index is -0.195. The average molecular weight is 328 g/mol. The molecule has 2 N–H and O–H groups in total. The number of tetrazole rings is 1. The maximum Gasteiger partial charge on any atom is 0.251 e. The number of rotatable bonds is 5. The van der Waals surface area contributed by atoms with Crippen LogP contribution in [-0.2, 0) is 0 Å². The Hall–Kier alpha value is -2.44. The molecule has 24 heavy (non-hydrogen) atoms. The summed E-state index contributed by atoms with van der Waals surface area (Å²) in [7, 11) is 3.92. The van der Waals surface area contributed by atoms with Gasteiger partial charge in [0.1, 0.15) is 0 Å². The van der Waals surface area contributed by atoms with Crippen molar-refractivity contribution in [2.24, 2.45) is 5.92 Å². The smallest absolute Gasteiger partial charge is 0.251 e. The molecule has 128 valence electrons. The van der Waals surface area contributed by atoms with Crippen LogP contribution >= 0.6 is 0 Å². The molecule has 0 saturated heterocycles. The second-order valence-electron chi connectivity index (χ2n) is 6.56. The van der Waals surface area contributed by atoms with Crippen LogP contribution in [0.1, 0.15) is 54.3 Å². The number of nitrogens with one attached hydrogen (secondary N) is 2. The molecule has 1 aliphatic rings. The van der Waals surface area contributed by atoms with Crippen molar-refractivity contribution in [1.29, 1.82) is 0 Å². The largest absolute Gasteiger partial charge is 0.378 e. The van der Waals surface area contributed by atoms with Crippen LogP contribution in [-0.4, -0.2) is 40.6 Å². The molecule has 0 aliphatic heterocycles. The molecular formula is C17H24N6O. The number of carbonyl (C=O) groups excluding carboxylic acids is 1. The molecule has 7 nitrogen and oxygen atoms in total.